The number of amides is 1. The van der Waals surface area contributed by atoms with Gasteiger partial charge in [-0.3, -0.25) is 14.9 Å². The van der Waals surface area contributed by atoms with Gasteiger partial charge in [-0.2, -0.15) is 0 Å². The van der Waals surface area contributed by atoms with Crippen LogP contribution in [0.4, 0.5) is 5.69 Å². The highest BCUT2D eigenvalue weighted by atomic mass is 16.6. The fraction of sp³-hybridized carbons (Fsp3) is 0.385. The van der Waals surface area contributed by atoms with E-state index in [0.717, 1.165) is 18.2 Å². The molecule has 22 heavy (non-hydrogen) atoms. The van der Waals surface area contributed by atoms with Crippen LogP contribution in [0.25, 0.3) is 0 Å². The zero-order valence-corrected chi connectivity index (χ0v) is 11.7. The Kier molecular flexibility index (Phi) is 5.96. The molecule has 0 radical (unpaired) electrons. The quantitative estimate of drug-likeness (QED) is 0.415. The van der Waals surface area contributed by atoms with Gasteiger partial charge in [0.05, 0.1) is 16.6 Å². The first-order valence-electron chi connectivity index (χ1n) is 6.36. The predicted octanol–water partition coefficient (Wildman–Crippen LogP) is 0.213. The average molecular weight is 312 g/mol. The van der Waals surface area contributed by atoms with Crippen molar-refractivity contribution in [2.45, 2.75) is 25.6 Å². The summed E-state index contributed by atoms with van der Waals surface area (Å²) in [5.41, 5.74) is -1.02. The Morgan fingerprint density at radius 1 is 1.36 bits per heavy atom. The number of nitrogens with one attached hydrogen (secondary N) is 1. The number of benzene rings is 1. The van der Waals surface area contributed by atoms with Gasteiger partial charge in [0.1, 0.15) is 6.10 Å². The van der Waals surface area contributed by atoms with Crippen molar-refractivity contribution in [3.05, 3.63) is 39.4 Å². The number of aromatic carboxylic acids is 1. The second-order valence-corrected chi connectivity index (χ2v) is 4.62. The molecule has 0 fully saturated rings. The van der Waals surface area contributed by atoms with Crippen LogP contribution in [0.3, 0.4) is 0 Å². The van der Waals surface area contributed by atoms with Gasteiger partial charge in [0, 0.05) is 25.6 Å². The molecular weight excluding hydrogens is 296 g/mol. The summed E-state index contributed by atoms with van der Waals surface area (Å²) in [4.78, 5) is 31.8. The number of hydrogen-bond acceptors (Lipinski definition) is 6. The SMILES string of the molecule is CC(=O)NCCC(O)C(O)c1ccc([N+](=O)[O-])cc1C(=O)O. The molecule has 0 saturated heterocycles. The Labute approximate surface area is 125 Å². The molecule has 1 rings (SSSR count). The van der Waals surface area contributed by atoms with Gasteiger partial charge in [-0.05, 0) is 18.1 Å². The molecule has 1 amide bonds. The van der Waals surface area contributed by atoms with Gasteiger partial charge in [-0.15, -0.1) is 0 Å². The van der Waals surface area contributed by atoms with Crippen molar-refractivity contribution in [1.29, 1.82) is 0 Å². The zero-order chi connectivity index (χ0) is 16.9. The summed E-state index contributed by atoms with van der Waals surface area (Å²) >= 11 is 0. The Morgan fingerprint density at radius 3 is 2.50 bits per heavy atom. The summed E-state index contributed by atoms with van der Waals surface area (Å²) < 4.78 is 0. The molecule has 0 spiro atoms. The summed E-state index contributed by atoms with van der Waals surface area (Å²) in [5.74, 6) is -1.75. The van der Waals surface area contributed by atoms with E-state index in [9.17, 15) is 29.9 Å². The molecule has 0 aromatic heterocycles. The van der Waals surface area contributed by atoms with Crippen LogP contribution in [0, 0.1) is 10.1 Å². The van der Waals surface area contributed by atoms with Crippen LogP contribution in [-0.2, 0) is 4.79 Å². The van der Waals surface area contributed by atoms with E-state index >= 15 is 0 Å². The van der Waals surface area contributed by atoms with Gasteiger partial charge in [-0.1, -0.05) is 0 Å². The molecule has 9 heteroatoms. The second kappa shape index (κ2) is 7.48. The van der Waals surface area contributed by atoms with Gasteiger partial charge in [0.2, 0.25) is 5.91 Å². The Morgan fingerprint density at radius 2 is 2.00 bits per heavy atom. The molecule has 0 aliphatic heterocycles. The predicted molar refractivity (Wildman–Crippen MR) is 74.3 cm³/mol. The van der Waals surface area contributed by atoms with E-state index in [1.54, 1.807) is 0 Å². The van der Waals surface area contributed by atoms with Crippen molar-refractivity contribution in [3.63, 3.8) is 0 Å². The number of carbonyl (C=O) groups excluding carboxylic acids is 1. The third-order valence-electron chi connectivity index (χ3n) is 2.98. The highest BCUT2D eigenvalue weighted by Gasteiger charge is 2.25. The Bertz CT molecular complexity index is 588. The van der Waals surface area contributed by atoms with Crippen LogP contribution in [0.2, 0.25) is 0 Å². The minimum Gasteiger partial charge on any atom is -0.478 e. The molecule has 1 aromatic rings. The van der Waals surface area contributed by atoms with Crippen molar-refractivity contribution in [2.24, 2.45) is 0 Å². The van der Waals surface area contributed by atoms with E-state index in [1.807, 2.05) is 0 Å². The number of hydrogen-bond donors (Lipinski definition) is 4. The zero-order valence-electron chi connectivity index (χ0n) is 11.7. The summed E-state index contributed by atoms with van der Waals surface area (Å²) in [6.07, 6.45) is -2.87. The molecule has 0 aliphatic carbocycles. The highest BCUT2D eigenvalue weighted by molar-refractivity contribution is 5.90. The summed E-state index contributed by atoms with van der Waals surface area (Å²) in [7, 11) is 0. The Balaban J connectivity index is 2.96. The van der Waals surface area contributed by atoms with E-state index in [1.165, 1.54) is 6.92 Å². The van der Waals surface area contributed by atoms with Gasteiger partial charge in [-0.25, -0.2) is 4.79 Å². The third kappa shape index (κ3) is 4.50. The molecule has 120 valence electrons. The molecule has 9 nitrogen and oxygen atoms in total. The van der Waals surface area contributed by atoms with Crippen LogP contribution < -0.4 is 5.32 Å². The number of aliphatic hydroxyl groups is 2. The van der Waals surface area contributed by atoms with Crippen LogP contribution in [0.15, 0.2) is 18.2 Å². The topological polar surface area (TPSA) is 150 Å². The van der Waals surface area contributed by atoms with Crippen molar-refractivity contribution in [1.82, 2.24) is 5.32 Å². The molecule has 0 aliphatic rings. The summed E-state index contributed by atoms with van der Waals surface area (Å²) in [6, 6.07) is 2.96. The van der Waals surface area contributed by atoms with E-state index < -0.39 is 34.4 Å². The van der Waals surface area contributed by atoms with Crippen molar-refractivity contribution in [2.75, 3.05) is 6.54 Å². The lowest BCUT2D eigenvalue weighted by Gasteiger charge is -2.19. The number of carboxylic acids is 1. The lowest BCUT2D eigenvalue weighted by atomic mass is 9.96. The number of rotatable bonds is 7. The van der Waals surface area contributed by atoms with Gasteiger partial charge < -0.3 is 20.6 Å². The lowest BCUT2D eigenvalue weighted by Crippen LogP contribution is -2.28. The van der Waals surface area contributed by atoms with E-state index in [0.29, 0.717) is 0 Å². The standard InChI is InChI=1S/C13H16N2O7/c1-7(16)14-5-4-11(17)12(18)9-3-2-8(15(21)22)6-10(9)13(19)20/h2-3,6,11-12,17-18H,4-5H2,1H3,(H,14,16)(H,19,20). The van der Waals surface area contributed by atoms with Crippen molar-refractivity contribution >= 4 is 17.6 Å². The number of nitro groups is 1. The number of nitro benzene ring substituents is 1. The van der Waals surface area contributed by atoms with Gasteiger partial charge >= 0.3 is 5.97 Å². The fourth-order valence-electron chi connectivity index (χ4n) is 1.86. The normalized spacial score (nSPS) is 13.2. The lowest BCUT2D eigenvalue weighted by molar-refractivity contribution is -0.384. The molecule has 4 N–H and O–H groups in total. The average Bonchev–Trinajstić information content (AvgIpc) is 2.45. The number of aliphatic hydroxyl groups excluding tert-OH is 2. The maximum absolute atomic E-state index is 11.2. The minimum atomic E-state index is -1.54. The maximum Gasteiger partial charge on any atom is 0.336 e. The number of nitrogens with zero attached hydrogens (tertiary/aromatic N) is 1. The minimum absolute atomic E-state index is 0.00318. The first-order chi connectivity index (χ1) is 10.2. The summed E-state index contributed by atoms with van der Waals surface area (Å²) in [5, 5.41) is 42.0. The molecule has 0 bridgehead atoms. The monoisotopic (exact) mass is 312 g/mol. The summed E-state index contributed by atoms with van der Waals surface area (Å²) in [6.45, 7) is 1.39. The first-order valence-corrected chi connectivity index (χ1v) is 6.36. The molecular formula is C13H16N2O7. The first kappa shape index (κ1) is 17.5. The molecule has 0 heterocycles. The van der Waals surface area contributed by atoms with Crippen molar-refractivity contribution in [3.8, 4) is 0 Å². The van der Waals surface area contributed by atoms with Gasteiger partial charge in [0.25, 0.3) is 5.69 Å². The smallest absolute Gasteiger partial charge is 0.336 e. The molecule has 2 unspecified atom stereocenters. The maximum atomic E-state index is 11.2. The second-order valence-electron chi connectivity index (χ2n) is 4.62. The van der Waals surface area contributed by atoms with Crippen LogP contribution in [0.1, 0.15) is 35.4 Å². The third-order valence-corrected chi connectivity index (χ3v) is 2.98. The number of carbonyl (C=O) groups is 2. The van der Waals surface area contributed by atoms with E-state index in [2.05, 4.69) is 5.32 Å². The Hall–Kier alpha value is -2.52. The van der Waals surface area contributed by atoms with E-state index in [4.69, 9.17) is 5.11 Å². The molecule has 0 saturated carbocycles. The van der Waals surface area contributed by atoms with Crippen LogP contribution >= 0.6 is 0 Å². The van der Waals surface area contributed by atoms with Crippen LogP contribution in [-0.4, -0.2) is 44.8 Å². The number of carboxylic acid groups (broad SMARTS) is 1. The molecule has 1 aromatic carbocycles. The largest absolute Gasteiger partial charge is 0.478 e. The van der Waals surface area contributed by atoms with Crippen LogP contribution in [0.5, 0.6) is 0 Å². The molecule has 2 atom stereocenters. The number of non-ortho nitro benzene ring substituents is 1. The van der Waals surface area contributed by atoms with Crippen molar-refractivity contribution < 1.29 is 29.8 Å². The van der Waals surface area contributed by atoms with Gasteiger partial charge in [0.15, 0.2) is 0 Å². The fourth-order valence-corrected chi connectivity index (χ4v) is 1.86. The highest BCUT2D eigenvalue weighted by Crippen LogP contribution is 2.26. The van der Waals surface area contributed by atoms with E-state index in [-0.39, 0.29) is 24.4 Å².